The summed E-state index contributed by atoms with van der Waals surface area (Å²) >= 11 is 18.8. The van der Waals surface area contributed by atoms with E-state index in [2.05, 4.69) is 30.9 Å². The van der Waals surface area contributed by atoms with Crippen LogP contribution in [0, 0.1) is 6.92 Å². The van der Waals surface area contributed by atoms with Crippen molar-refractivity contribution in [1.29, 1.82) is 0 Å². The summed E-state index contributed by atoms with van der Waals surface area (Å²) < 4.78 is 1.36. The number of hydrogen-bond donors (Lipinski definition) is 2. The van der Waals surface area contributed by atoms with Gasteiger partial charge in [-0.25, -0.2) is 9.67 Å². The van der Waals surface area contributed by atoms with Gasteiger partial charge < -0.3 is 10.6 Å². The molecule has 3 heterocycles. The van der Waals surface area contributed by atoms with Gasteiger partial charge >= 0.3 is 0 Å². The van der Waals surface area contributed by atoms with Crippen LogP contribution in [0.1, 0.15) is 52.9 Å². The molecule has 2 N–H and O–H groups in total. The van der Waals surface area contributed by atoms with Gasteiger partial charge in [0.05, 0.1) is 28.2 Å². The first kappa shape index (κ1) is 30.2. The molecule has 0 spiro atoms. The number of nitrogens with one attached hydrogen (secondary N) is 2. The van der Waals surface area contributed by atoms with Crippen molar-refractivity contribution in [3.63, 3.8) is 0 Å². The molecule has 0 fully saturated rings. The zero-order valence-corrected chi connectivity index (χ0v) is 26.0. The van der Waals surface area contributed by atoms with Gasteiger partial charge in [0.2, 0.25) is 0 Å². The minimum atomic E-state index is -0.536. The van der Waals surface area contributed by atoms with Crippen LogP contribution in [0.4, 0.5) is 5.69 Å². The van der Waals surface area contributed by atoms with Gasteiger partial charge in [-0.1, -0.05) is 46.9 Å². The van der Waals surface area contributed by atoms with Gasteiger partial charge in [-0.15, -0.1) is 0 Å². The second-order valence-corrected chi connectivity index (χ2v) is 12.1. The maximum Gasteiger partial charge on any atom is 0.274 e. The van der Waals surface area contributed by atoms with E-state index >= 15 is 0 Å². The highest BCUT2D eigenvalue weighted by molar-refractivity contribution is 6.32. The Morgan fingerprint density at radius 3 is 2.37 bits per heavy atom. The molecule has 5 rings (SSSR count). The number of carbonyl (C=O) groups is 2. The molecule has 43 heavy (non-hydrogen) atoms. The molecule has 5 aromatic rings. The Kier molecular flexibility index (Phi) is 8.55. The topological polar surface area (TPSA) is 120 Å². The summed E-state index contributed by atoms with van der Waals surface area (Å²) in [6.07, 6.45) is 3.19. The van der Waals surface area contributed by atoms with E-state index in [1.54, 1.807) is 55.7 Å². The lowest BCUT2D eigenvalue weighted by molar-refractivity contribution is 0.0920. The largest absolute Gasteiger partial charge is 0.347 e. The minimum Gasteiger partial charge on any atom is -0.347 e. The smallest absolute Gasteiger partial charge is 0.274 e. The predicted molar refractivity (Wildman–Crippen MR) is 167 cm³/mol. The van der Waals surface area contributed by atoms with Crippen LogP contribution in [0.25, 0.3) is 17.1 Å². The molecular weight excluding hydrogens is 611 g/mol. The maximum atomic E-state index is 13.8. The average molecular weight is 638 g/mol. The highest BCUT2D eigenvalue weighted by Crippen LogP contribution is 2.28. The molecule has 0 atom stereocenters. The van der Waals surface area contributed by atoms with Crippen molar-refractivity contribution in [2.45, 2.75) is 39.8 Å². The molecule has 0 bridgehead atoms. The van der Waals surface area contributed by atoms with Gasteiger partial charge in [-0.3, -0.25) is 9.59 Å². The van der Waals surface area contributed by atoms with E-state index in [4.69, 9.17) is 34.8 Å². The number of aryl methyl sites for hydroxylation is 1. The minimum absolute atomic E-state index is 0.136. The third kappa shape index (κ3) is 7.05. The van der Waals surface area contributed by atoms with E-state index in [-0.39, 0.29) is 29.5 Å². The van der Waals surface area contributed by atoms with Crippen molar-refractivity contribution in [3.8, 4) is 17.1 Å². The molecule has 0 aliphatic heterocycles. The Morgan fingerprint density at radius 2 is 1.67 bits per heavy atom. The number of hydrogen-bond acceptors (Lipinski definition) is 6. The Labute approximate surface area is 263 Å². The number of anilines is 1. The van der Waals surface area contributed by atoms with Crippen molar-refractivity contribution in [1.82, 2.24) is 35.1 Å². The van der Waals surface area contributed by atoms with Crippen LogP contribution >= 0.6 is 34.8 Å². The fraction of sp³-hybridized carbons (Fsp3) is 0.200. The van der Waals surface area contributed by atoms with Crippen LogP contribution in [0.15, 0.2) is 67.0 Å². The quantitative estimate of drug-likeness (QED) is 0.207. The van der Waals surface area contributed by atoms with Gasteiger partial charge in [0.1, 0.15) is 17.9 Å². The Hall–Kier alpha value is -4.25. The Bertz CT molecular complexity index is 1820. The zero-order valence-electron chi connectivity index (χ0n) is 23.7. The monoisotopic (exact) mass is 636 g/mol. The van der Waals surface area contributed by atoms with Gasteiger partial charge in [0.15, 0.2) is 5.82 Å². The van der Waals surface area contributed by atoms with Gasteiger partial charge in [-0.05, 0) is 75.7 Å². The maximum absolute atomic E-state index is 13.8. The molecule has 220 valence electrons. The summed E-state index contributed by atoms with van der Waals surface area (Å²) in [7, 11) is 0. The number of benzene rings is 2. The van der Waals surface area contributed by atoms with E-state index in [9.17, 15) is 9.59 Å². The van der Waals surface area contributed by atoms with Gasteiger partial charge in [0.25, 0.3) is 11.8 Å². The van der Waals surface area contributed by atoms with Crippen LogP contribution in [0.2, 0.25) is 15.1 Å². The summed E-state index contributed by atoms with van der Waals surface area (Å²) in [6, 6.07) is 15.4. The third-order valence-electron chi connectivity index (χ3n) is 6.18. The second-order valence-electron chi connectivity index (χ2n) is 10.8. The summed E-state index contributed by atoms with van der Waals surface area (Å²) in [4.78, 5) is 32.8. The van der Waals surface area contributed by atoms with Gasteiger partial charge in [0, 0.05) is 27.3 Å². The summed E-state index contributed by atoms with van der Waals surface area (Å²) in [5.41, 5.74) is 2.77. The molecule has 3 aromatic heterocycles. The SMILES string of the molecule is Cc1cc(Cl)cc(C(=O)NC(C)(C)C)c1NC(=O)c1cc(Cn2ncc(-c3ccc(Cl)cc3)n2)nn1-c1ncccc1Cl. The van der Waals surface area contributed by atoms with Crippen molar-refractivity contribution < 1.29 is 9.59 Å². The lowest BCUT2D eigenvalue weighted by Gasteiger charge is -2.22. The molecule has 0 aliphatic carbocycles. The fourth-order valence-corrected chi connectivity index (χ4v) is 4.91. The number of amides is 2. The third-order valence-corrected chi connectivity index (χ3v) is 6.95. The van der Waals surface area contributed by atoms with E-state index < -0.39 is 11.4 Å². The second kappa shape index (κ2) is 12.2. The van der Waals surface area contributed by atoms with Crippen LogP contribution in [0.3, 0.4) is 0 Å². The van der Waals surface area contributed by atoms with Crippen molar-refractivity contribution >= 4 is 52.3 Å². The molecule has 2 aromatic carbocycles. The van der Waals surface area contributed by atoms with Crippen LogP contribution in [-0.4, -0.2) is 47.1 Å². The van der Waals surface area contributed by atoms with E-state index in [1.807, 2.05) is 32.9 Å². The standard InChI is InChI=1S/C30H27Cl3N8O2/c1-17-12-20(32)13-22(28(42)37-30(2,3)4)26(17)36-29(43)25-14-21(38-41(25)27-23(33)6-5-11-34-27)16-40-35-15-24(39-40)18-7-9-19(31)10-8-18/h5-15H,16H2,1-4H3,(H,36,43)(H,37,42). The molecule has 0 unspecified atom stereocenters. The Morgan fingerprint density at radius 1 is 0.930 bits per heavy atom. The number of carbonyl (C=O) groups excluding carboxylic acids is 2. The van der Waals surface area contributed by atoms with Gasteiger partial charge in [-0.2, -0.15) is 20.1 Å². The highest BCUT2D eigenvalue weighted by Gasteiger charge is 2.25. The van der Waals surface area contributed by atoms with E-state index in [0.29, 0.717) is 37.7 Å². The Balaban J connectivity index is 1.50. The van der Waals surface area contributed by atoms with Crippen molar-refractivity contribution in [2.24, 2.45) is 0 Å². The predicted octanol–water partition coefficient (Wildman–Crippen LogP) is 6.62. The van der Waals surface area contributed by atoms with Crippen LogP contribution in [-0.2, 0) is 6.54 Å². The molecule has 13 heteroatoms. The first-order chi connectivity index (χ1) is 20.4. The number of pyridine rings is 1. The average Bonchev–Trinajstić information content (AvgIpc) is 3.57. The first-order valence-corrected chi connectivity index (χ1v) is 14.3. The number of rotatable bonds is 7. The number of nitrogens with zero attached hydrogens (tertiary/aromatic N) is 6. The summed E-state index contributed by atoms with van der Waals surface area (Å²) in [5, 5.41) is 20.6. The molecular formula is C30H27Cl3N8O2. The summed E-state index contributed by atoms with van der Waals surface area (Å²) in [6.45, 7) is 7.51. The molecule has 2 amide bonds. The molecule has 10 nitrogen and oxygen atoms in total. The molecule has 0 saturated carbocycles. The van der Waals surface area contributed by atoms with Crippen LogP contribution < -0.4 is 10.6 Å². The normalized spacial score (nSPS) is 11.4. The highest BCUT2D eigenvalue weighted by atomic mass is 35.5. The number of aromatic nitrogens is 6. The molecule has 0 radical (unpaired) electrons. The fourth-order valence-electron chi connectivity index (χ4n) is 4.31. The van der Waals surface area contributed by atoms with E-state index in [1.165, 1.54) is 15.5 Å². The lowest BCUT2D eigenvalue weighted by Crippen LogP contribution is -2.41. The van der Waals surface area contributed by atoms with E-state index in [0.717, 1.165) is 5.56 Å². The first-order valence-electron chi connectivity index (χ1n) is 13.2. The van der Waals surface area contributed by atoms with Crippen molar-refractivity contribution in [2.75, 3.05) is 5.32 Å². The molecule has 0 aliphatic rings. The van der Waals surface area contributed by atoms with Crippen molar-refractivity contribution in [3.05, 3.63) is 105 Å². The molecule has 0 saturated heterocycles. The zero-order chi connectivity index (χ0) is 30.9. The summed E-state index contributed by atoms with van der Waals surface area (Å²) in [5.74, 6) is -0.656. The van der Waals surface area contributed by atoms with Crippen LogP contribution in [0.5, 0.6) is 0 Å². The number of halogens is 3. The lowest BCUT2D eigenvalue weighted by atomic mass is 10.0.